The van der Waals surface area contributed by atoms with Crippen molar-refractivity contribution in [3.63, 3.8) is 0 Å². The molecule has 0 aliphatic heterocycles. The van der Waals surface area contributed by atoms with Gasteiger partial charge in [-0.15, -0.1) is 0 Å². The maximum Gasteiger partial charge on any atom is 0.134 e. The molecule has 0 fully saturated rings. The van der Waals surface area contributed by atoms with E-state index in [0.717, 1.165) is 22.3 Å². The minimum atomic E-state index is 0.529. The SMILES string of the molecule is Cc1cccc(OCc2coc3cccc(C)c23)c1. The van der Waals surface area contributed by atoms with E-state index in [2.05, 4.69) is 26.0 Å². The van der Waals surface area contributed by atoms with Gasteiger partial charge in [0, 0.05) is 10.9 Å². The minimum Gasteiger partial charge on any atom is -0.489 e. The quantitative estimate of drug-likeness (QED) is 0.678. The van der Waals surface area contributed by atoms with Gasteiger partial charge in [0.25, 0.3) is 0 Å². The molecule has 0 spiro atoms. The van der Waals surface area contributed by atoms with Crippen LogP contribution < -0.4 is 4.74 Å². The molecule has 0 aliphatic rings. The van der Waals surface area contributed by atoms with Crippen LogP contribution in [0.3, 0.4) is 0 Å². The fourth-order valence-electron chi connectivity index (χ4n) is 2.32. The van der Waals surface area contributed by atoms with E-state index in [1.54, 1.807) is 6.26 Å². The molecule has 96 valence electrons. The lowest BCUT2D eigenvalue weighted by Crippen LogP contribution is -1.95. The number of rotatable bonds is 3. The molecule has 0 bridgehead atoms. The van der Waals surface area contributed by atoms with Crippen molar-refractivity contribution in [3.8, 4) is 5.75 Å². The van der Waals surface area contributed by atoms with Crippen molar-refractivity contribution < 1.29 is 9.15 Å². The van der Waals surface area contributed by atoms with Crippen LogP contribution >= 0.6 is 0 Å². The maximum absolute atomic E-state index is 5.83. The number of ether oxygens (including phenoxy) is 1. The molecule has 0 atom stereocenters. The van der Waals surface area contributed by atoms with Crippen LogP contribution in [0, 0.1) is 13.8 Å². The van der Waals surface area contributed by atoms with Crippen LogP contribution in [-0.2, 0) is 6.61 Å². The zero-order valence-corrected chi connectivity index (χ0v) is 11.1. The highest BCUT2D eigenvalue weighted by Crippen LogP contribution is 2.25. The number of benzene rings is 2. The molecule has 0 saturated carbocycles. The lowest BCUT2D eigenvalue weighted by Gasteiger charge is -2.06. The molecule has 1 heterocycles. The molecule has 3 aromatic rings. The van der Waals surface area contributed by atoms with E-state index in [1.807, 2.05) is 30.3 Å². The monoisotopic (exact) mass is 252 g/mol. The molecule has 0 unspecified atom stereocenters. The van der Waals surface area contributed by atoms with Gasteiger partial charge in [-0.25, -0.2) is 0 Å². The minimum absolute atomic E-state index is 0.529. The summed E-state index contributed by atoms with van der Waals surface area (Å²) in [6, 6.07) is 14.2. The molecule has 19 heavy (non-hydrogen) atoms. The number of fused-ring (bicyclic) bond motifs is 1. The second-order valence-corrected chi connectivity index (χ2v) is 4.81. The van der Waals surface area contributed by atoms with Gasteiger partial charge in [0.15, 0.2) is 0 Å². The third kappa shape index (κ3) is 2.34. The number of furan rings is 1. The molecule has 0 saturated heterocycles. The van der Waals surface area contributed by atoms with E-state index >= 15 is 0 Å². The van der Waals surface area contributed by atoms with E-state index in [4.69, 9.17) is 9.15 Å². The molecule has 0 aliphatic carbocycles. The summed E-state index contributed by atoms with van der Waals surface area (Å²) < 4.78 is 11.4. The summed E-state index contributed by atoms with van der Waals surface area (Å²) in [4.78, 5) is 0. The third-order valence-electron chi connectivity index (χ3n) is 3.27. The Morgan fingerprint density at radius 2 is 1.89 bits per heavy atom. The van der Waals surface area contributed by atoms with E-state index in [-0.39, 0.29) is 0 Å². The summed E-state index contributed by atoms with van der Waals surface area (Å²) in [7, 11) is 0. The van der Waals surface area contributed by atoms with Crippen LogP contribution in [0.1, 0.15) is 16.7 Å². The highest BCUT2D eigenvalue weighted by atomic mass is 16.5. The normalized spacial score (nSPS) is 10.8. The van der Waals surface area contributed by atoms with E-state index < -0.39 is 0 Å². The summed E-state index contributed by atoms with van der Waals surface area (Å²) in [6.45, 7) is 4.68. The number of hydrogen-bond donors (Lipinski definition) is 0. The standard InChI is InChI=1S/C17H16O2/c1-12-5-3-7-15(9-12)18-10-14-11-19-16-8-4-6-13(2)17(14)16/h3-9,11H,10H2,1-2H3. The van der Waals surface area contributed by atoms with Crippen LogP contribution in [0.25, 0.3) is 11.0 Å². The van der Waals surface area contributed by atoms with Crippen molar-refractivity contribution in [2.75, 3.05) is 0 Å². The first-order valence-corrected chi connectivity index (χ1v) is 6.39. The molecule has 0 radical (unpaired) electrons. The van der Waals surface area contributed by atoms with Crippen LogP contribution in [0.5, 0.6) is 5.75 Å². The fourth-order valence-corrected chi connectivity index (χ4v) is 2.32. The molecule has 2 aromatic carbocycles. The molecular weight excluding hydrogens is 236 g/mol. The summed E-state index contributed by atoms with van der Waals surface area (Å²) in [6.07, 6.45) is 1.79. The largest absolute Gasteiger partial charge is 0.489 e. The van der Waals surface area contributed by atoms with Crippen molar-refractivity contribution in [1.82, 2.24) is 0 Å². The van der Waals surface area contributed by atoms with Gasteiger partial charge in [0.2, 0.25) is 0 Å². The Kier molecular flexibility index (Phi) is 3.00. The lowest BCUT2D eigenvalue weighted by molar-refractivity contribution is 0.306. The van der Waals surface area contributed by atoms with Gasteiger partial charge >= 0.3 is 0 Å². The van der Waals surface area contributed by atoms with Crippen LogP contribution in [-0.4, -0.2) is 0 Å². The Hall–Kier alpha value is -2.22. The second-order valence-electron chi connectivity index (χ2n) is 4.81. The van der Waals surface area contributed by atoms with E-state index in [0.29, 0.717) is 6.61 Å². The van der Waals surface area contributed by atoms with Crippen molar-refractivity contribution in [2.24, 2.45) is 0 Å². The zero-order valence-electron chi connectivity index (χ0n) is 11.1. The molecule has 1 aromatic heterocycles. The van der Waals surface area contributed by atoms with Crippen molar-refractivity contribution in [1.29, 1.82) is 0 Å². The summed E-state index contributed by atoms with van der Waals surface area (Å²) >= 11 is 0. The van der Waals surface area contributed by atoms with Gasteiger partial charge in [-0.1, -0.05) is 24.3 Å². The Morgan fingerprint density at radius 1 is 1.05 bits per heavy atom. The smallest absolute Gasteiger partial charge is 0.134 e. The average Bonchev–Trinajstić information content (AvgIpc) is 2.81. The lowest BCUT2D eigenvalue weighted by atomic mass is 10.1. The van der Waals surface area contributed by atoms with Gasteiger partial charge in [-0.05, 0) is 43.2 Å². The van der Waals surface area contributed by atoms with E-state index in [9.17, 15) is 0 Å². The topological polar surface area (TPSA) is 22.4 Å². The predicted octanol–water partition coefficient (Wildman–Crippen LogP) is 4.63. The Bertz CT molecular complexity index is 710. The highest BCUT2D eigenvalue weighted by molar-refractivity contribution is 5.84. The van der Waals surface area contributed by atoms with Gasteiger partial charge < -0.3 is 9.15 Å². The first-order chi connectivity index (χ1) is 9.24. The zero-order chi connectivity index (χ0) is 13.2. The summed E-state index contributed by atoms with van der Waals surface area (Å²) in [5.41, 5.74) is 4.43. The first kappa shape index (κ1) is 11.8. The van der Waals surface area contributed by atoms with Crippen molar-refractivity contribution >= 4 is 11.0 Å². The first-order valence-electron chi connectivity index (χ1n) is 6.39. The fraction of sp³-hybridized carbons (Fsp3) is 0.176. The van der Waals surface area contributed by atoms with Crippen LogP contribution in [0.2, 0.25) is 0 Å². The van der Waals surface area contributed by atoms with Crippen LogP contribution in [0.4, 0.5) is 0 Å². The highest BCUT2D eigenvalue weighted by Gasteiger charge is 2.08. The van der Waals surface area contributed by atoms with Gasteiger partial charge in [-0.3, -0.25) is 0 Å². The molecule has 2 heteroatoms. The molecule has 0 N–H and O–H groups in total. The third-order valence-corrected chi connectivity index (χ3v) is 3.27. The average molecular weight is 252 g/mol. The predicted molar refractivity (Wildman–Crippen MR) is 76.5 cm³/mol. The van der Waals surface area contributed by atoms with Gasteiger partial charge in [-0.2, -0.15) is 0 Å². The van der Waals surface area contributed by atoms with Gasteiger partial charge in [0.05, 0.1) is 6.26 Å². The maximum atomic E-state index is 5.83. The number of aryl methyl sites for hydroxylation is 2. The molecule has 3 rings (SSSR count). The Labute approximate surface area is 112 Å². The Balaban J connectivity index is 1.86. The molecule has 0 amide bonds. The number of hydrogen-bond acceptors (Lipinski definition) is 2. The van der Waals surface area contributed by atoms with Crippen LogP contribution in [0.15, 0.2) is 53.1 Å². The van der Waals surface area contributed by atoms with Crippen molar-refractivity contribution in [3.05, 3.63) is 65.4 Å². The summed E-state index contributed by atoms with van der Waals surface area (Å²) in [5.74, 6) is 0.892. The second kappa shape index (κ2) is 4.81. The van der Waals surface area contributed by atoms with E-state index in [1.165, 1.54) is 11.1 Å². The van der Waals surface area contributed by atoms with Crippen molar-refractivity contribution in [2.45, 2.75) is 20.5 Å². The summed E-state index contributed by atoms with van der Waals surface area (Å²) in [5, 5.41) is 1.16. The van der Waals surface area contributed by atoms with Gasteiger partial charge in [0.1, 0.15) is 17.9 Å². The Morgan fingerprint density at radius 3 is 2.74 bits per heavy atom. The molecular formula is C17H16O2. The molecule has 2 nitrogen and oxygen atoms in total.